The van der Waals surface area contributed by atoms with Gasteiger partial charge in [-0.25, -0.2) is 0 Å². The summed E-state index contributed by atoms with van der Waals surface area (Å²) < 4.78 is 15.9. The van der Waals surface area contributed by atoms with Crippen molar-refractivity contribution in [3.8, 4) is 17.2 Å². The summed E-state index contributed by atoms with van der Waals surface area (Å²) in [6.45, 7) is 2.93. The Morgan fingerprint density at radius 1 is 1.47 bits per heavy atom. The van der Waals surface area contributed by atoms with Gasteiger partial charge in [-0.15, -0.1) is 0 Å². The van der Waals surface area contributed by atoms with Crippen molar-refractivity contribution < 1.29 is 14.2 Å². The Bertz CT molecular complexity index is 505. The SMILES string of the molecule is CCNC(=S)NN=Cc1cc2c(cc1OC)OCO2. The lowest BCUT2D eigenvalue weighted by atomic mass is 10.2. The number of fused-ring (bicyclic) bond motifs is 1. The van der Waals surface area contributed by atoms with Gasteiger partial charge < -0.3 is 19.5 Å². The fourth-order valence-corrected chi connectivity index (χ4v) is 1.77. The summed E-state index contributed by atoms with van der Waals surface area (Å²) in [4.78, 5) is 0. The number of nitrogens with zero attached hydrogens (tertiary/aromatic N) is 1. The van der Waals surface area contributed by atoms with E-state index in [2.05, 4.69) is 15.8 Å². The van der Waals surface area contributed by atoms with Crippen LogP contribution in [0.3, 0.4) is 0 Å². The molecule has 0 atom stereocenters. The van der Waals surface area contributed by atoms with Crippen molar-refractivity contribution in [1.82, 2.24) is 10.7 Å². The average molecular weight is 281 g/mol. The second kappa shape index (κ2) is 6.24. The van der Waals surface area contributed by atoms with Crippen molar-refractivity contribution in [2.45, 2.75) is 6.92 Å². The molecule has 1 aromatic rings. The number of hydrogen-bond acceptors (Lipinski definition) is 5. The lowest BCUT2D eigenvalue weighted by molar-refractivity contribution is 0.174. The zero-order valence-corrected chi connectivity index (χ0v) is 11.5. The number of rotatable bonds is 4. The third-order valence-electron chi connectivity index (χ3n) is 2.43. The van der Waals surface area contributed by atoms with Gasteiger partial charge in [0, 0.05) is 18.2 Å². The first kappa shape index (κ1) is 13.4. The number of thiocarbonyl (C=S) groups is 1. The number of nitrogens with one attached hydrogen (secondary N) is 2. The lowest BCUT2D eigenvalue weighted by Gasteiger charge is -2.06. The maximum atomic E-state index is 5.31. The van der Waals surface area contributed by atoms with Crippen LogP contribution in [0, 0.1) is 0 Å². The molecule has 7 heteroatoms. The minimum Gasteiger partial charge on any atom is -0.496 e. The van der Waals surface area contributed by atoms with E-state index in [1.807, 2.05) is 13.0 Å². The van der Waals surface area contributed by atoms with Crippen molar-refractivity contribution in [3.05, 3.63) is 17.7 Å². The predicted molar refractivity (Wildman–Crippen MR) is 76.1 cm³/mol. The Morgan fingerprint density at radius 3 is 2.89 bits per heavy atom. The lowest BCUT2D eigenvalue weighted by Crippen LogP contribution is -2.31. The van der Waals surface area contributed by atoms with E-state index in [-0.39, 0.29) is 6.79 Å². The molecule has 0 saturated heterocycles. The van der Waals surface area contributed by atoms with Crippen molar-refractivity contribution >= 4 is 23.5 Å². The van der Waals surface area contributed by atoms with Crippen LogP contribution in [-0.2, 0) is 0 Å². The van der Waals surface area contributed by atoms with Crippen molar-refractivity contribution in [2.24, 2.45) is 5.10 Å². The number of hydrazone groups is 1. The van der Waals surface area contributed by atoms with Crippen LogP contribution < -0.4 is 25.0 Å². The van der Waals surface area contributed by atoms with Gasteiger partial charge in [-0.3, -0.25) is 5.43 Å². The average Bonchev–Trinajstić information content (AvgIpc) is 2.85. The zero-order chi connectivity index (χ0) is 13.7. The summed E-state index contributed by atoms with van der Waals surface area (Å²) >= 11 is 5.00. The van der Waals surface area contributed by atoms with Crippen LogP contribution in [0.2, 0.25) is 0 Å². The largest absolute Gasteiger partial charge is 0.496 e. The van der Waals surface area contributed by atoms with E-state index in [4.69, 9.17) is 26.4 Å². The number of methoxy groups -OCH3 is 1. The molecule has 19 heavy (non-hydrogen) atoms. The van der Waals surface area contributed by atoms with Gasteiger partial charge in [0.05, 0.1) is 13.3 Å². The van der Waals surface area contributed by atoms with Gasteiger partial charge in [0.15, 0.2) is 16.6 Å². The first-order valence-electron chi connectivity index (χ1n) is 5.79. The minimum atomic E-state index is 0.224. The van der Waals surface area contributed by atoms with Crippen LogP contribution in [0.25, 0.3) is 0 Å². The van der Waals surface area contributed by atoms with E-state index < -0.39 is 0 Å². The van der Waals surface area contributed by atoms with E-state index in [1.165, 1.54) is 0 Å². The highest BCUT2D eigenvalue weighted by molar-refractivity contribution is 7.80. The molecule has 0 spiro atoms. The first-order chi connectivity index (χ1) is 9.24. The summed E-state index contributed by atoms with van der Waals surface area (Å²) in [5.41, 5.74) is 3.49. The first-order valence-corrected chi connectivity index (χ1v) is 6.20. The normalized spacial score (nSPS) is 12.5. The second-order valence-electron chi connectivity index (χ2n) is 3.68. The summed E-state index contributed by atoms with van der Waals surface area (Å²) in [7, 11) is 1.59. The van der Waals surface area contributed by atoms with Crippen molar-refractivity contribution in [1.29, 1.82) is 0 Å². The minimum absolute atomic E-state index is 0.224. The van der Waals surface area contributed by atoms with E-state index >= 15 is 0 Å². The van der Waals surface area contributed by atoms with Gasteiger partial charge in [0.1, 0.15) is 5.75 Å². The number of hydrogen-bond donors (Lipinski definition) is 2. The Balaban J connectivity index is 2.11. The van der Waals surface area contributed by atoms with Gasteiger partial charge in [-0.1, -0.05) is 0 Å². The molecule has 6 nitrogen and oxygen atoms in total. The molecular weight excluding hydrogens is 266 g/mol. The Hall–Kier alpha value is -2.02. The second-order valence-corrected chi connectivity index (χ2v) is 4.09. The summed E-state index contributed by atoms with van der Waals surface area (Å²) in [5.74, 6) is 2.01. The molecule has 1 aliphatic rings. The van der Waals surface area contributed by atoms with Gasteiger partial charge in [-0.05, 0) is 25.2 Å². The quantitative estimate of drug-likeness (QED) is 0.492. The maximum absolute atomic E-state index is 5.31. The smallest absolute Gasteiger partial charge is 0.231 e. The Labute approximate surface area is 116 Å². The highest BCUT2D eigenvalue weighted by Gasteiger charge is 2.16. The van der Waals surface area contributed by atoms with Crippen LogP contribution in [0.1, 0.15) is 12.5 Å². The van der Waals surface area contributed by atoms with Crippen molar-refractivity contribution in [2.75, 3.05) is 20.4 Å². The Morgan fingerprint density at radius 2 is 2.21 bits per heavy atom. The van der Waals surface area contributed by atoms with E-state index in [9.17, 15) is 0 Å². The molecule has 0 saturated carbocycles. The van der Waals surface area contributed by atoms with E-state index in [0.717, 1.165) is 12.1 Å². The molecule has 1 aliphatic heterocycles. The molecule has 0 fully saturated rings. The molecule has 1 aromatic carbocycles. The van der Waals surface area contributed by atoms with Crippen LogP contribution in [0.15, 0.2) is 17.2 Å². The van der Waals surface area contributed by atoms with Crippen LogP contribution in [0.5, 0.6) is 17.2 Å². The molecule has 2 N–H and O–H groups in total. The predicted octanol–water partition coefficient (Wildman–Crippen LogP) is 1.24. The zero-order valence-electron chi connectivity index (χ0n) is 10.7. The third kappa shape index (κ3) is 3.25. The highest BCUT2D eigenvalue weighted by atomic mass is 32.1. The maximum Gasteiger partial charge on any atom is 0.231 e. The Kier molecular flexibility index (Phi) is 4.40. The third-order valence-corrected chi connectivity index (χ3v) is 2.67. The number of benzene rings is 1. The standard InChI is InChI=1S/C12H15N3O3S/c1-3-13-12(19)15-14-6-8-4-10-11(18-7-17-10)5-9(8)16-2/h4-6H,3,7H2,1-2H3,(H2,13,15,19). The van der Waals surface area contributed by atoms with E-state index in [0.29, 0.717) is 22.4 Å². The van der Waals surface area contributed by atoms with Crippen LogP contribution >= 0.6 is 12.2 Å². The number of ether oxygens (including phenoxy) is 3. The summed E-state index contributed by atoms with van der Waals surface area (Å²) in [6.07, 6.45) is 1.62. The monoisotopic (exact) mass is 281 g/mol. The fourth-order valence-electron chi connectivity index (χ4n) is 1.58. The topological polar surface area (TPSA) is 64.1 Å². The summed E-state index contributed by atoms with van der Waals surface area (Å²) in [6, 6.07) is 3.58. The molecular formula is C12H15N3O3S. The van der Waals surface area contributed by atoms with Crippen molar-refractivity contribution in [3.63, 3.8) is 0 Å². The molecule has 2 rings (SSSR count). The molecule has 0 unspecified atom stereocenters. The summed E-state index contributed by atoms with van der Waals surface area (Å²) in [5, 5.41) is 7.44. The fraction of sp³-hybridized carbons (Fsp3) is 0.333. The molecule has 0 aliphatic carbocycles. The van der Waals surface area contributed by atoms with Gasteiger partial charge in [0.2, 0.25) is 6.79 Å². The molecule has 1 heterocycles. The molecule has 0 amide bonds. The molecule has 0 radical (unpaired) electrons. The van der Waals surface area contributed by atoms with Gasteiger partial charge in [-0.2, -0.15) is 5.10 Å². The van der Waals surface area contributed by atoms with Gasteiger partial charge >= 0.3 is 0 Å². The van der Waals surface area contributed by atoms with E-state index in [1.54, 1.807) is 19.4 Å². The highest BCUT2D eigenvalue weighted by Crippen LogP contribution is 2.37. The van der Waals surface area contributed by atoms with Gasteiger partial charge in [0.25, 0.3) is 0 Å². The van der Waals surface area contributed by atoms with Crippen LogP contribution in [-0.4, -0.2) is 31.8 Å². The molecule has 0 bridgehead atoms. The molecule has 102 valence electrons. The van der Waals surface area contributed by atoms with Crippen LogP contribution in [0.4, 0.5) is 0 Å². The molecule has 0 aromatic heterocycles.